The van der Waals surface area contributed by atoms with Crippen LogP contribution in [0, 0.1) is 29.6 Å². The van der Waals surface area contributed by atoms with Crippen molar-refractivity contribution in [2.24, 2.45) is 29.6 Å². The molecule has 0 saturated carbocycles. The van der Waals surface area contributed by atoms with E-state index in [2.05, 4.69) is 45.9 Å². The smallest absolute Gasteiger partial charge is 0.00172 e. The molecule has 2 aliphatic rings. The third-order valence-corrected chi connectivity index (χ3v) is 8.86. The van der Waals surface area contributed by atoms with Crippen LogP contribution in [0.1, 0.15) is 156 Å². The van der Waals surface area contributed by atoms with Gasteiger partial charge in [0, 0.05) is 0 Å². The third-order valence-electron chi connectivity index (χ3n) is 8.86. The molecule has 2 aliphatic carbocycles. The van der Waals surface area contributed by atoms with Gasteiger partial charge in [-0.2, -0.15) is 0 Å². The third kappa shape index (κ3) is 10.3. The van der Waals surface area contributed by atoms with Crippen LogP contribution in [0.4, 0.5) is 0 Å². The quantitative estimate of drug-likeness (QED) is 0.134. The molecule has 0 heterocycles. The first-order valence-electron chi connectivity index (χ1n) is 15.6. The Morgan fingerprint density at radius 1 is 0.545 bits per heavy atom. The maximum atomic E-state index is 2.89. The average molecular weight is 457 g/mol. The second-order valence-corrected chi connectivity index (χ2v) is 11.6. The Labute approximate surface area is 209 Å². The van der Waals surface area contributed by atoms with Crippen LogP contribution in [0.2, 0.25) is 0 Å². The summed E-state index contributed by atoms with van der Waals surface area (Å²) in [4.78, 5) is 0. The highest BCUT2D eigenvalue weighted by molar-refractivity contribution is 5.27. The van der Waals surface area contributed by atoms with Crippen LogP contribution < -0.4 is 0 Å². The first-order valence-corrected chi connectivity index (χ1v) is 15.6. The summed E-state index contributed by atoms with van der Waals surface area (Å²) in [6, 6.07) is 0. The van der Waals surface area contributed by atoms with Crippen molar-refractivity contribution < 1.29 is 0 Å². The fourth-order valence-electron chi connectivity index (χ4n) is 6.78. The molecule has 5 unspecified atom stereocenters. The Balaban J connectivity index is 2.12. The molecule has 0 amide bonds. The van der Waals surface area contributed by atoms with E-state index in [1.54, 1.807) is 0 Å². The summed E-state index contributed by atoms with van der Waals surface area (Å²) in [6.07, 6.45) is 36.8. The lowest BCUT2D eigenvalue weighted by Gasteiger charge is -2.42. The van der Waals surface area contributed by atoms with Gasteiger partial charge in [0.25, 0.3) is 0 Å². The summed E-state index contributed by atoms with van der Waals surface area (Å²) in [7, 11) is 0. The van der Waals surface area contributed by atoms with Crippen LogP contribution in [0.15, 0.2) is 23.8 Å². The number of fused-ring (bicyclic) bond motifs is 1. The van der Waals surface area contributed by atoms with Gasteiger partial charge in [0.15, 0.2) is 0 Å². The lowest BCUT2D eigenvalue weighted by atomic mass is 9.62. The van der Waals surface area contributed by atoms with Gasteiger partial charge in [0.05, 0.1) is 0 Å². The molecule has 0 N–H and O–H groups in total. The SMILES string of the molecule is CCCCCCCC1C2=CC(CCCCC)C(CCCCC)CC2C=CC1CCCCCC. The molecule has 0 saturated heterocycles. The van der Waals surface area contributed by atoms with Gasteiger partial charge in [-0.3, -0.25) is 0 Å². The Morgan fingerprint density at radius 2 is 1.06 bits per heavy atom. The van der Waals surface area contributed by atoms with Crippen LogP contribution in [0.25, 0.3) is 0 Å². The largest absolute Gasteiger partial charge is 0.0842 e. The van der Waals surface area contributed by atoms with E-state index in [4.69, 9.17) is 0 Å². The van der Waals surface area contributed by atoms with Gasteiger partial charge in [-0.25, -0.2) is 0 Å². The van der Waals surface area contributed by atoms with Crippen molar-refractivity contribution in [1.29, 1.82) is 0 Å². The van der Waals surface area contributed by atoms with Crippen LogP contribution in [-0.2, 0) is 0 Å². The zero-order valence-electron chi connectivity index (χ0n) is 23.3. The van der Waals surface area contributed by atoms with Gasteiger partial charge in [-0.05, 0) is 61.7 Å². The van der Waals surface area contributed by atoms with Gasteiger partial charge in [-0.15, -0.1) is 0 Å². The molecule has 192 valence electrons. The summed E-state index contributed by atoms with van der Waals surface area (Å²) >= 11 is 0. The van der Waals surface area contributed by atoms with Crippen LogP contribution in [0.3, 0.4) is 0 Å². The standard InChI is InChI=1S/C33H60/c1-5-9-13-15-19-23-32-28(20-18-14-10-6-2)24-25-31-26-29(21-16-11-7-3)30(27-33(31)32)22-17-12-8-4/h24-25,27-32H,5-23,26H2,1-4H3. The molecular weight excluding hydrogens is 396 g/mol. The Hall–Kier alpha value is -0.520. The van der Waals surface area contributed by atoms with Gasteiger partial charge in [0.2, 0.25) is 0 Å². The van der Waals surface area contributed by atoms with Crippen molar-refractivity contribution >= 4 is 0 Å². The van der Waals surface area contributed by atoms with E-state index < -0.39 is 0 Å². The molecular formula is C33H60. The summed E-state index contributed by atoms with van der Waals surface area (Å²) < 4.78 is 0. The first kappa shape index (κ1) is 28.7. The molecule has 0 aromatic carbocycles. The Bertz CT molecular complexity index is 526. The summed E-state index contributed by atoms with van der Waals surface area (Å²) in [6.45, 7) is 9.39. The molecule has 5 atom stereocenters. The minimum atomic E-state index is 0.770. The molecule has 0 aromatic rings. The predicted octanol–water partition coefficient (Wildman–Crippen LogP) is 11.5. The number of rotatable bonds is 19. The first-order chi connectivity index (χ1) is 16.2. The molecule has 0 heteroatoms. The highest BCUT2D eigenvalue weighted by atomic mass is 14.4. The van der Waals surface area contributed by atoms with Crippen molar-refractivity contribution in [3.63, 3.8) is 0 Å². The minimum Gasteiger partial charge on any atom is -0.0842 e. The van der Waals surface area contributed by atoms with Gasteiger partial charge in [0.1, 0.15) is 0 Å². The molecule has 0 aliphatic heterocycles. The summed E-state index contributed by atoms with van der Waals surface area (Å²) in [5.41, 5.74) is 1.90. The summed E-state index contributed by atoms with van der Waals surface area (Å²) in [5, 5.41) is 0. The zero-order chi connectivity index (χ0) is 23.7. The fraction of sp³-hybridized carbons (Fsp3) is 0.879. The Kier molecular flexibility index (Phi) is 15.5. The second kappa shape index (κ2) is 17.8. The lowest BCUT2D eigenvalue weighted by molar-refractivity contribution is 0.241. The number of allylic oxidation sites excluding steroid dienone is 4. The van der Waals surface area contributed by atoms with E-state index in [1.165, 1.54) is 128 Å². The minimum absolute atomic E-state index is 0.770. The molecule has 2 rings (SSSR count). The van der Waals surface area contributed by atoms with E-state index in [-0.39, 0.29) is 0 Å². The van der Waals surface area contributed by atoms with E-state index in [0.29, 0.717) is 0 Å². The fourth-order valence-corrected chi connectivity index (χ4v) is 6.78. The van der Waals surface area contributed by atoms with E-state index in [1.807, 2.05) is 5.57 Å². The van der Waals surface area contributed by atoms with E-state index >= 15 is 0 Å². The van der Waals surface area contributed by atoms with Crippen LogP contribution in [0.5, 0.6) is 0 Å². The lowest BCUT2D eigenvalue weighted by Crippen LogP contribution is -2.31. The number of hydrogen-bond donors (Lipinski definition) is 0. The van der Waals surface area contributed by atoms with E-state index in [0.717, 1.165) is 29.6 Å². The number of hydrogen-bond acceptors (Lipinski definition) is 0. The van der Waals surface area contributed by atoms with Crippen molar-refractivity contribution in [3.8, 4) is 0 Å². The predicted molar refractivity (Wildman–Crippen MR) is 150 cm³/mol. The van der Waals surface area contributed by atoms with Crippen LogP contribution >= 0.6 is 0 Å². The highest BCUT2D eigenvalue weighted by Gasteiger charge is 2.36. The highest BCUT2D eigenvalue weighted by Crippen LogP contribution is 2.48. The second-order valence-electron chi connectivity index (χ2n) is 11.6. The van der Waals surface area contributed by atoms with E-state index in [9.17, 15) is 0 Å². The molecule has 0 aromatic heterocycles. The average Bonchev–Trinajstić information content (AvgIpc) is 2.83. The molecule has 0 spiro atoms. The van der Waals surface area contributed by atoms with Gasteiger partial charge >= 0.3 is 0 Å². The topological polar surface area (TPSA) is 0 Å². The normalized spacial score (nSPS) is 26.9. The summed E-state index contributed by atoms with van der Waals surface area (Å²) in [5.74, 6) is 4.26. The van der Waals surface area contributed by atoms with Gasteiger partial charge in [-0.1, -0.05) is 148 Å². The van der Waals surface area contributed by atoms with Gasteiger partial charge < -0.3 is 0 Å². The van der Waals surface area contributed by atoms with Crippen molar-refractivity contribution in [2.75, 3.05) is 0 Å². The Morgan fingerprint density at radius 3 is 1.76 bits per heavy atom. The van der Waals surface area contributed by atoms with Crippen molar-refractivity contribution in [3.05, 3.63) is 23.8 Å². The molecule has 0 bridgehead atoms. The zero-order valence-corrected chi connectivity index (χ0v) is 23.3. The monoisotopic (exact) mass is 456 g/mol. The maximum Gasteiger partial charge on any atom is -0.00172 e. The molecule has 33 heavy (non-hydrogen) atoms. The molecule has 0 nitrogen and oxygen atoms in total. The van der Waals surface area contributed by atoms with Crippen molar-refractivity contribution in [2.45, 2.75) is 156 Å². The molecule has 0 radical (unpaired) electrons. The molecule has 0 fully saturated rings. The maximum absolute atomic E-state index is 2.89. The van der Waals surface area contributed by atoms with Crippen molar-refractivity contribution in [1.82, 2.24) is 0 Å². The number of unbranched alkanes of at least 4 members (excludes halogenated alkanes) is 11. The van der Waals surface area contributed by atoms with Crippen LogP contribution in [-0.4, -0.2) is 0 Å².